The number of nitrogens with two attached hydrogens (primary N) is 1. The minimum absolute atomic E-state index is 0.132. The SMILES string of the molecule is Cc1cc2c(N)c(C(=O)NCC3CCCO3)sc2nc1C. The maximum atomic E-state index is 12.3. The van der Waals surface area contributed by atoms with Gasteiger partial charge in [0.2, 0.25) is 0 Å². The van der Waals surface area contributed by atoms with Crippen molar-refractivity contribution < 1.29 is 9.53 Å². The number of pyridine rings is 1. The summed E-state index contributed by atoms with van der Waals surface area (Å²) in [5, 5.41) is 3.78. The first kappa shape index (κ1) is 14.3. The molecular formula is C15H19N3O2S. The fourth-order valence-electron chi connectivity index (χ4n) is 2.49. The van der Waals surface area contributed by atoms with Gasteiger partial charge in [-0.3, -0.25) is 4.79 Å². The summed E-state index contributed by atoms with van der Waals surface area (Å²) >= 11 is 1.35. The number of ether oxygens (including phenoxy) is 1. The summed E-state index contributed by atoms with van der Waals surface area (Å²) in [5.74, 6) is -0.138. The second-order valence-electron chi connectivity index (χ2n) is 5.43. The molecule has 21 heavy (non-hydrogen) atoms. The van der Waals surface area contributed by atoms with Crippen molar-refractivity contribution in [2.45, 2.75) is 32.8 Å². The molecule has 1 aliphatic rings. The number of nitrogens with one attached hydrogen (secondary N) is 1. The Balaban J connectivity index is 1.82. The van der Waals surface area contributed by atoms with Gasteiger partial charge >= 0.3 is 0 Å². The number of aryl methyl sites for hydroxylation is 2. The van der Waals surface area contributed by atoms with E-state index in [0.29, 0.717) is 17.1 Å². The molecule has 1 fully saturated rings. The molecule has 6 heteroatoms. The number of thiophene rings is 1. The van der Waals surface area contributed by atoms with Crippen molar-refractivity contribution in [2.24, 2.45) is 0 Å². The van der Waals surface area contributed by atoms with Crippen LogP contribution in [0.4, 0.5) is 5.69 Å². The van der Waals surface area contributed by atoms with Crippen LogP contribution in [0.1, 0.15) is 33.8 Å². The summed E-state index contributed by atoms with van der Waals surface area (Å²) in [4.78, 5) is 18.2. The van der Waals surface area contributed by atoms with Crippen LogP contribution in [0, 0.1) is 13.8 Å². The van der Waals surface area contributed by atoms with Gasteiger partial charge in [-0.25, -0.2) is 4.98 Å². The molecule has 1 atom stereocenters. The molecule has 1 unspecified atom stereocenters. The lowest BCUT2D eigenvalue weighted by atomic mass is 10.1. The molecule has 0 radical (unpaired) electrons. The molecule has 5 nitrogen and oxygen atoms in total. The van der Waals surface area contributed by atoms with Crippen molar-refractivity contribution in [1.29, 1.82) is 0 Å². The number of hydrogen-bond acceptors (Lipinski definition) is 5. The van der Waals surface area contributed by atoms with E-state index < -0.39 is 0 Å². The van der Waals surface area contributed by atoms with Crippen LogP contribution in [0.5, 0.6) is 0 Å². The van der Waals surface area contributed by atoms with Crippen molar-refractivity contribution >= 4 is 33.1 Å². The Hall–Kier alpha value is -1.66. The van der Waals surface area contributed by atoms with Gasteiger partial charge in [-0.15, -0.1) is 11.3 Å². The maximum absolute atomic E-state index is 12.3. The van der Waals surface area contributed by atoms with E-state index in [1.165, 1.54) is 11.3 Å². The molecule has 0 spiro atoms. The van der Waals surface area contributed by atoms with Crippen molar-refractivity contribution in [3.63, 3.8) is 0 Å². The average Bonchev–Trinajstić information content (AvgIpc) is 3.07. The minimum Gasteiger partial charge on any atom is -0.397 e. The van der Waals surface area contributed by atoms with E-state index >= 15 is 0 Å². The van der Waals surface area contributed by atoms with Gasteiger partial charge in [0.15, 0.2) is 0 Å². The molecular weight excluding hydrogens is 286 g/mol. The fraction of sp³-hybridized carbons (Fsp3) is 0.467. The molecule has 2 aromatic rings. The molecule has 3 rings (SSSR count). The number of anilines is 1. The van der Waals surface area contributed by atoms with Crippen LogP contribution < -0.4 is 11.1 Å². The Morgan fingerprint density at radius 2 is 2.38 bits per heavy atom. The van der Waals surface area contributed by atoms with Gasteiger partial charge in [-0.05, 0) is 38.3 Å². The zero-order valence-corrected chi connectivity index (χ0v) is 13.0. The van der Waals surface area contributed by atoms with Crippen LogP contribution in [0.2, 0.25) is 0 Å². The minimum atomic E-state index is -0.138. The fourth-order valence-corrected chi connectivity index (χ4v) is 3.53. The van der Waals surface area contributed by atoms with E-state index in [9.17, 15) is 4.79 Å². The lowest BCUT2D eigenvalue weighted by molar-refractivity contribution is 0.0862. The number of nitrogens with zero attached hydrogens (tertiary/aromatic N) is 1. The van der Waals surface area contributed by atoms with E-state index in [1.807, 2.05) is 19.9 Å². The second kappa shape index (κ2) is 5.61. The standard InChI is InChI=1S/C15H19N3O2S/c1-8-6-11-12(16)13(21-15(11)18-9(8)2)14(19)17-7-10-4-3-5-20-10/h6,10H,3-5,7,16H2,1-2H3,(H,17,19). The molecule has 0 aliphatic carbocycles. The molecule has 1 amide bonds. The van der Waals surface area contributed by atoms with Crippen LogP contribution in [0.15, 0.2) is 6.07 Å². The number of carbonyl (C=O) groups is 1. The molecule has 2 aromatic heterocycles. The van der Waals surface area contributed by atoms with Crippen molar-refractivity contribution in [2.75, 3.05) is 18.9 Å². The largest absolute Gasteiger partial charge is 0.397 e. The van der Waals surface area contributed by atoms with Gasteiger partial charge in [0.05, 0.1) is 11.8 Å². The summed E-state index contributed by atoms with van der Waals surface area (Å²) in [6.07, 6.45) is 2.20. The number of rotatable bonds is 3. The number of fused-ring (bicyclic) bond motifs is 1. The number of nitrogen functional groups attached to an aromatic ring is 1. The maximum Gasteiger partial charge on any atom is 0.263 e. The Morgan fingerprint density at radius 3 is 3.10 bits per heavy atom. The summed E-state index contributed by atoms with van der Waals surface area (Å²) in [6, 6.07) is 2.00. The van der Waals surface area contributed by atoms with E-state index in [4.69, 9.17) is 10.5 Å². The van der Waals surface area contributed by atoms with E-state index in [2.05, 4.69) is 10.3 Å². The van der Waals surface area contributed by atoms with Crippen LogP contribution >= 0.6 is 11.3 Å². The summed E-state index contributed by atoms with van der Waals surface area (Å²) in [5.41, 5.74) is 8.69. The summed E-state index contributed by atoms with van der Waals surface area (Å²) in [6.45, 7) is 5.28. The van der Waals surface area contributed by atoms with Gasteiger partial charge in [0.25, 0.3) is 5.91 Å². The lowest BCUT2D eigenvalue weighted by Gasteiger charge is -2.10. The number of amides is 1. The number of carbonyl (C=O) groups excluding carboxylic acids is 1. The molecule has 0 saturated carbocycles. The molecule has 0 bridgehead atoms. The zero-order chi connectivity index (χ0) is 15.0. The summed E-state index contributed by atoms with van der Waals surface area (Å²) < 4.78 is 5.50. The first-order chi connectivity index (χ1) is 10.1. The third-order valence-electron chi connectivity index (χ3n) is 3.89. The first-order valence-corrected chi connectivity index (χ1v) is 7.94. The highest BCUT2D eigenvalue weighted by Crippen LogP contribution is 2.33. The quantitative estimate of drug-likeness (QED) is 0.913. The van der Waals surface area contributed by atoms with Crippen molar-refractivity contribution in [3.05, 3.63) is 22.2 Å². The molecule has 1 saturated heterocycles. The molecule has 3 N–H and O–H groups in total. The summed E-state index contributed by atoms with van der Waals surface area (Å²) in [7, 11) is 0. The lowest BCUT2D eigenvalue weighted by Crippen LogP contribution is -2.31. The van der Waals surface area contributed by atoms with Crippen LogP contribution in [0.3, 0.4) is 0 Å². The predicted molar refractivity (Wildman–Crippen MR) is 84.8 cm³/mol. The van der Waals surface area contributed by atoms with Gasteiger partial charge in [0.1, 0.15) is 9.71 Å². The smallest absolute Gasteiger partial charge is 0.263 e. The predicted octanol–water partition coefficient (Wildman–Crippen LogP) is 2.40. The van der Waals surface area contributed by atoms with E-state index in [-0.39, 0.29) is 12.0 Å². The third kappa shape index (κ3) is 2.73. The molecule has 1 aliphatic heterocycles. The highest BCUT2D eigenvalue weighted by atomic mass is 32.1. The normalized spacial score (nSPS) is 18.3. The third-order valence-corrected chi connectivity index (χ3v) is 5.00. The Labute approximate surface area is 127 Å². The number of hydrogen-bond donors (Lipinski definition) is 2. The van der Waals surface area contributed by atoms with Crippen molar-refractivity contribution in [3.8, 4) is 0 Å². The Morgan fingerprint density at radius 1 is 1.57 bits per heavy atom. The average molecular weight is 305 g/mol. The van der Waals surface area contributed by atoms with Crippen LogP contribution in [-0.4, -0.2) is 30.1 Å². The monoisotopic (exact) mass is 305 g/mol. The van der Waals surface area contributed by atoms with Gasteiger partial charge in [-0.1, -0.05) is 0 Å². The first-order valence-electron chi connectivity index (χ1n) is 7.12. The van der Waals surface area contributed by atoms with Crippen molar-refractivity contribution in [1.82, 2.24) is 10.3 Å². The van der Waals surface area contributed by atoms with Gasteiger partial charge < -0.3 is 15.8 Å². The van der Waals surface area contributed by atoms with E-state index in [0.717, 1.165) is 40.9 Å². The highest BCUT2D eigenvalue weighted by Gasteiger charge is 2.20. The molecule has 112 valence electrons. The van der Waals surface area contributed by atoms with Gasteiger partial charge in [0, 0.05) is 24.2 Å². The molecule has 3 heterocycles. The topological polar surface area (TPSA) is 77.2 Å². The van der Waals surface area contributed by atoms with E-state index in [1.54, 1.807) is 0 Å². The Kier molecular flexibility index (Phi) is 3.82. The Bertz CT molecular complexity index is 690. The highest BCUT2D eigenvalue weighted by molar-refractivity contribution is 7.21. The van der Waals surface area contributed by atoms with Gasteiger partial charge in [-0.2, -0.15) is 0 Å². The number of aromatic nitrogens is 1. The zero-order valence-electron chi connectivity index (χ0n) is 12.2. The van der Waals surface area contributed by atoms with Crippen LogP contribution in [0.25, 0.3) is 10.2 Å². The second-order valence-corrected chi connectivity index (χ2v) is 6.43. The molecule has 0 aromatic carbocycles. The van der Waals surface area contributed by atoms with Crippen LogP contribution in [-0.2, 0) is 4.74 Å².